The average molecular weight is 447 g/mol. The Morgan fingerprint density at radius 3 is 2.55 bits per heavy atom. The molecule has 3 fully saturated rings. The Morgan fingerprint density at radius 1 is 1.00 bits per heavy atom. The Kier molecular flexibility index (Phi) is 5.13. The average Bonchev–Trinajstić information content (AvgIpc) is 3.74. The molecule has 2 saturated carbocycles. The highest BCUT2D eigenvalue weighted by Gasteiger charge is 2.30. The van der Waals surface area contributed by atoms with Gasteiger partial charge in [-0.2, -0.15) is 5.10 Å². The smallest absolute Gasteiger partial charge is 0.228 e. The van der Waals surface area contributed by atoms with Crippen molar-refractivity contribution >= 4 is 28.9 Å². The Bertz CT molecular complexity index is 1170. The molecule has 6 rings (SSSR count). The fraction of sp³-hybridized carbons (Fsp3) is 0.500. The number of nitrogens with zero attached hydrogens (tertiary/aromatic N) is 6. The standard InChI is InChI=1S/C24H30N8O/c1-30-6-8-31(9-7-30)23-11-18(16-2-3-16)10-20-12-19(29-32(20)23)14-25-21-13-22(27-15-26-21)28-24(33)17-4-5-17/h10-13,15-17H,2-9,14H2,1H3,(H2,25,26,27,28,33). The first-order chi connectivity index (χ1) is 16.1. The first-order valence-electron chi connectivity index (χ1n) is 12.0. The summed E-state index contributed by atoms with van der Waals surface area (Å²) in [6.45, 7) is 4.72. The number of aromatic nitrogens is 4. The van der Waals surface area contributed by atoms with Crippen LogP contribution in [0.15, 0.2) is 30.6 Å². The van der Waals surface area contributed by atoms with Gasteiger partial charge in [-0.3, -0.25) is 4.79 Å². The van der Waals surface area contributed by atoms with Gasteiger partial charge < -0.3 is 20.4 Å². The molecule has 1 saturated heterocycles. The number of piperazine rings is 1. The number of fused-ring (bicyclic) bond motifs is 1. The van der Waals surface area contributed by atoms with Crippen LogP contribution >= 0.6 is 0 Å². The van der Waals surface area contributed by atoms with E-state index < -0.39 is 0 Å². The van der Waals surface area contributed by atoms with Crippen LogP contribution in [0.25, 0.3) is 5.52 Å². The summed E-state index contributed by atoms with van der Waals surface area (Å²) in [6, 6.07) is 8.58. The van der Waals surface area contributed by atoms with Gasteiger partial charge in [0.1, 0.15) is 23.8 Å². The molecule has 1 aliphatic heterocycles. The second-order valence-electron chi connectivity index (χ2n) is 9.59. The van der Waals surface area contributed by atoms with Crippen molar-refractivity contribution in [3.8, 4) is 0 Å². The molecule has 2 N–H and O–H groups in total. The van der Waals surface area contributed by atoms with Crippen molar-refractivity contribution in [2.45, 2.75) is 38.1 Å². The number of carbonyl (C=O) groups is 1. The summed E-state index contributed by atoms with van der Waals surface area (Å²) >= 11 is 0. The predicted molar refractivity (Wildman–Crippen MR) is 128 cm³/mol. The third-order valence-electron chi connectivity index (χ3n) is 6.81. The van der Waals surface area contributed by atoms with Gasteiger partial charge in [0, 0.05) is 38.2 Å². The number of nitrogens with one attached hydrogen (secondary N) is 2. The molecule has 0 unspecified atom stereocenters. The van der Waals surface area contributed by atoms with Crippen molar-refractivity contribution in [1.82, 2.24) is 24.5 Å². The molecule has 1 amide bonds. The SMILES string of the molecule is CN1CCN(c2cc(C3CC3)cc3cc(CNc4cc(NC(=O)C5CC5)ncn4)nn23)CC1. The fourth-order valence-electron chi connectivity index (χ4n) is 4.43. The minimum atomic E-state index is 0.0444. The van der Waals surface area contributed by atoms with Crippen LogP contribution in [0, 0.1) is 5.92 Å². The monoisotopic (exact) mass is 446 g/mol. The van der Waals surface area contributed by atoms with Gasteiger partial charge in [0.15, 0.2) is 0 Å². The molecular weight excluding hydrogens is 416 g/mol. The summed E-state index contributed by atoms with van der Waals surface area (Å²) in [4.78, 5) is 25.3. The summed E-state index contributed by atoms with van der Waals surface area (Å²) in [5.74, 6) is 3.29. The van der Waals surface area contributed by atoms with E-state index >= 15 is 0 Å². The van der Waals surface area contributed by atoms with Crippen LogP contribution in [-0.4, -0.2) is 63.6 Å². The van der Waals surface area contributed by atoms with E-state index in [1.165, 1.54) is 30.6 Å². The lowest BCUT2D eigenvalue weighted by Crippen LogP contribution is -2.45. The third kappa shape index (κ3) is 4.50. The van der Waals surface area contributed by atoms with Crippen LogP contribution < -0.4 is 15.5 Å². The van der Waals surface area contributed by atoms with Crippen molar-refractivity contribution in [2.75, 3.05) is 48.8 Å². The fourth-order valence-corrected chi connectivity index (χ4v) is 4.43. The molecule has 3 aliphatic rings. The van der Waals surface area contributed by atoms with E-state index in [0.717, 1.165) is 50.2 Å². The molecule has 3 aromatic heterocycles. The molecule has 0 bridgehead atoms. The molecule has 33 heavy (non-hydrogen) atoms. The second-order valence-corrected chi connectivity index (χ2v) is 9.59. The quantitative estimate of drug-likeness (QED) is 0.577. The first-order valence-corrected chi connectivity index (χ1v) is 12.0. The third-order valence-corrected chi connectivity index (χ3v) is 6.81. The first kappa shape index (κ1) is 20.4. The van der Waals surface area contributed by atoms with Gasteiger partial charge in [-0.15, -0.1) is 0 Å². The Balaban J connectivity index is 1.21. The summed E-state index contributed by atoms with van der Waals surface area (Å²) < 4.78 is 2.09. The Hall–Kier alpha value is -3.20. The molecule has 2 aliphatic carbocycles. The van der Waals surface area contributed by atoms with E-state index in [1.54, 1.807) is 6.07 Å². The number of hydrogen-bond donors (Lipinski definition) is 2. The maximum Gasteiger partial charge on any atom is 0.228 e. The number of likely N-dealkylation sites (N-methyl/N-ethyl adjacent to an activating group) is 1. The number of rotatable bonds is 7. The molecule has 4 heterocycles. The Morgan fingerprint density at radius 2 is 1.79 bits per heavy atom. The van der Waals surface area contributed by atoms with E-state index in [4.69, 9.17) is 5.10 Å². The van der Waals surface area contributed by atoms with Crippen molar-refractivity contribution in [3.05, 3.63) is 41.9 Å². The van der Waals surface area contributed by atoms with Crippen molar-refractivity contribution < 1.29 is 4.79 Å². The van der Waals surface area contributed by atoms with Gasteiger partial charge in [-0.05, 0) is 62.4 Å². The topological polar surface area (TPSA) is 90.7 Å². The summed E-state index contributed by atoms with van der Waals surface area (Å²) in [7, 11) is 2.18. The van der Waals surface area contributed by atoms with Crippen LogP contribution in [0.4, 0.5) is 17.5 Å². The highest BCUT2D eigenvalue weighted by Crippen LogP contribution is 2.42. The molecule has 0 radical (unpaired) electrons. The van der Waals surface area contributed by atoms with Gasteiger partial charge >= 0.3 is 0 Å². The van der Waals surface area contributed by atoms with Crippen molar-refractivity contribution in [1.29, 1.82) is 0 Å². The molecule has 172 valence electrons. The van der Waals surface area contributed by atoms with Gasteiger partial charge in [-0.1, -0.05) is 0 Å². The van der Waals surface area contributed by atoms with Gasteiger partial charge in [0.2, 0.25) is 5.91 Å². The van der Waals surface area contributed by atoms with Gasteiger partial charge in [0.05, 0.1) is 17.8 Å². The molecule has 0 atom stereocenters. The maximum absolute atomic E-state index is 12.0. The summed E-state index contributed by atoms with van der Waals surface area (Å²) in [5, 5.41) is 11.1. The van der Waals surface area contributed by atoms with Gasteiger partial charge in [-0.25, -0.2) is 14.5 Å². The van der Waals surface area contributed by atoms with Crippen molar-refractivity contribution in [2.24, 2.45) is 5.92 Å². The lowest BCUT2D eigenvalue weighted by atomic mass is 10.1. The molecule has 9 nitrogen and oxygen atoms in total. The van der Waals surface area contributed by atoms with Gasteiger partial charge in [0.25, 0.3) is 0 Å². The molecule has 9 heteroatoms. The molecule has 0 aromatic carbocycles. The van der Waals surface area contributed by atoms with Crippen LogP contribution in [0.1, 0.15) is 42.9 Å². The van der Waals surface area contributed by atoms with E-state index in [9.17, 15) is 4.79 Å². The maximum atomic E-state index is 12.0. The summed E-state index contributed by atoms with van der Waals surface area (Å²) in [5.41, 5.74) is 3.54. The Labute approximate surface area is 193 Å². The minimum Gasteiger partial charge on any atom is -0.364 e. The van der Waals surface area contributed by atoms with Crippen LogP contribution in [-0.2, 0) is 11.3 Å². The minimum absolute atomic E-state index is 0.0444. The van der Waals surface area contributed by atoms with E-state index in [2.05, 4.69) is 60.2 Å². The zero-order valence-electron chi connectivity index (χ0n) is 19.0. The van der Waals surface area contributed by atoms with E-state index in [-0.39, 0.29) is 11.8 Å². The van der Waals surface area contributed by atoms with E-state index in [1.807, 2.05) is 0 Å². The molecule has 0 spiro atoms. The van der Waals surface area contributed by atoms with E-state index in [0.29, 0.717) is 24.1 Å². The van der Waals surface area contributed by atoms with Crippen LogP contribution in [0.5, 0.6) is 0 Å². The number of hydrogen-bond acceptors (Lipinski definition) is 7. The lowest BCUT2D eigenvalue weighted by molar-refractivity contribution is -0.117. The highest BCUT2D eigenvalue weighted by molar-refractivity contribution is 5.93. The zero-order valence-corrected chi connectivity index (χ0v) is 19.0. The largest absolute Gasteiger partial charge is 0.364 e. The highest BCUT2D eigenvalue weighted by atomic mass is 16.2. The normalized spacial score (nSPS) is 19.1. The zero-order chi connectivity index (χ0) is 22.4. The van der Waals surface area contributed by atoms with Crippen molar-refractivity contribution in [3.63, 3.8) is 0 Å². The van der Waals surface area contributed by atoms with Crippen LogP contribution in [0.2, 0.25) is 0 Å². The number of amides is 1. The summed E-state index contributed by atoms with van der Waals surface area (Å²) in [6.07, 6.45) is 5.98. The second kappa shape index (κ2) is 8.30. The lowest BCUT2D eigenvalue weighted by Gasteiger charge is -2.34. The molecule has 3 aromatic rings. The predicted octanol–water partition coefficient (Wildman–Crippen LogP) is 2.71. The molecular formula is C24H30N8O. The number of pyridine rings is 1. The van der Waals surface area contributed by atoms with Crippen LogP contribution in [0.3, 0.4) is 0 Å². The number of anilines is 3. The number of carbonyl (C=O) groups excluding carboxylic acids is 1.